The van der Waals surface area contributed by atoms with Crippen molar-refractivity contribution in [2.24, 2.45) is 0 Å². The number of hydrogen-bond acceptors (Lipinski definition) is 4. The molecule has 0 spiro atoms. The van der Waals surface area contributed by atoms with Gasteiger partial charge in [0.05, 0.1) is 23.2 Å². The van der Waals surface area contributed by atoms with Crippen molar-refractivity contribution in [3.05, 3.63) is 82.7 Å². The van der Waals surface area contributed by atoms with Crippen LogP contribution in [0.15, 0.2) is 54.6 Å². The number of rotatable bonds is 4. The third kappa shape index (κ3) is 2.83. The minimum absolute atomic E-state index is 0.00955. The zero-order valence-electron chi connectivity index (χ0n) is 14.4. The molecule has 4 rings (SSSR count). The van der Waals surface area contributed by atoms with E-state index in [9.17, 15) is 23.6 Å². The van der Waals surface area contributed by atoms with Gasteiger partial charge in [-0.25, -0.2) is 4.39 Å². The Morgan fingerprint density at radius 2 is 1.61 bits per heavy atom. The van der Waals surface area contributed by atoms with Crippen LogP contribution >= 0.6 is 0 Å². The van der Waals surface area contributed by atoms with Gasteiger partial charge in [-0.15, -0.1) is 0 Å². The molecule has 0 aliphatic carbocycles. The van der Waals surface area contributed by atoms with Crippen LogP contribution in [0.4, 0.5) is 4.39 Å². The summed E-state index contributed by atoms with van der Waals surface area (Å²) in [5.41, 5.74) is 0.402. The Hall–Kier alpha value is -3.87. The summed E-state index contributed by atoms with van der Waals surface area (Å²) in [5, 5.41) is 5.37. The summed E-state index contributed by atoms with van der Waals surface area (Å²) in [6, 6.07) is 13.5. The second-order valence-corrected chi connectivity index (χ2v) is 6.26. The lowest BCUT2D eigenvalue weighted by Crippen LogP contribution is -2.31. The first-order valence-corrected chi connectivity index (χ1v) is 8.44. The van der Waals surface area contributed by atoms with E-state index >= 15 is 0 Å². The highest BCUT2D eigenvalue weighted by Crippen LogP contribution is 2.23. The molecule has 1 aliphatic heterocycles. The normalized spacial score (nSPS) is 12.6. The van der Waals surface area contributed by atoms with Gasteiger partial charge in [-0.2, -0.15) is 0 Å². The van der Waals surface area contributed by atoms with Crippen LogP contribution < -0.4 is 10.6 Å². The van der Waals surface area contributed by atoms with Gasteiger partial charge in [0.2, 0.25) is 0 Å². The molecule has 0 saturated heterocycles. The van der Waals surface area contributed by atoms with Gasteiger partial charge in [0.1, 0.15) is 5.82 Å². The molecule has 0 fully saturated rings. The maximum Gasteiger partial charge on any atom is 0.259 e. The molecular weight excluding hydrogens is 363 g/mol. The first kappa shape index (κ1) is 17.5. The number of benzene rings is 3. The third-order valence-corrected chi connectivity index (χ3v) is 4.59. The van der Waals surface area contributed by atoms with Gasteiger partial charge in [0.25, 0.3) is 17.7 Å². The first-order chi connectivity index (χ1) is 13.5. The number of nitrogens with one attached hydrogen (secondary N) is 2. The van der Waals surface area contributed by atoms with Crippen LogP contribution in [0, 0.1) is 5.82 Å². The summed E-state index contributed by atoms with van der Waals surface area (Å²) in [7, 11) is 0. The zero-order chi connectivity index (χ0) is 19.8. The molecule has 6 nitrogen and oxygen atoms in total. The number of carbonyl (C=O) groups excluding carboxylic acids is 4. The van der Waals surface area contributed by atoms with Gasteiger partial charge in [-0.05, 0) is 29.7 Å². The molecule has 0 saturated carbocycles. The van der Waals surface area contributed by atoms with Crippen LogP contribution in [0.2, 0.25) is 0 Å². The van der Waals surface area contributed by atoms with Gasteiger partial charge < -0.3 is 5.32 Å². The van der Waals surface area contributed by atoms with Gasteiger partial charge in [-0.3, -0.25) is 24.5 Å². The van der Waals surface area contributed by atoms with Crippen molar-refractivity contribution in [1.82, 2.24) is 10.6 Å². The highest BCUT2D eigenvalue weighted by atomic mass is 19.1. The fourth-order valence-electron chi connectivity index (χ4n) is 3.26. The SMILES string of the molecule is O=C(NCC(=O)c1ccc(F)c2ccccc12)c1cccc2c1C(=O)NC2=O. The van der Waals surface area contributed by atoms with Crippen LogP contribution in [0.1, 0.15) is 41.4 Å². The quantitative estimate of drug-likeness (QED) is 0.540. The first-order valence-electron chi connectivity index (χ1n) is 8.44. The van der Waals surface area contributed by atoms with Crippen LogP contribution in [-0.4, -0.2) is 30.0 Å². The van der Waals surface area contributed by atoms with E-state index in [0.717, 1.165) is 0 Å². The summed E-state index contributed by atoms with van der Waals surface area (Å²) in [4.78, 5) is 48.7. The third-order valence-electron chi connectivity index (χ3n) is 4.59. The Bertz CT molecular complexity index is 1190. The fraction of sp³-hybridized carbons (Fsp3) is 0.0476. The molecule has 2 N–H and O–H groups in total. The minimum Gasteiger partial charge on any atom is -0.345 e. The Kier molecular flexibility index (Phi) is 4.19. The topological polar surface area (TPSA) is 92.3 Å². The standard InChI is InChI=1S/C21H13FN2O4/c22-16-9-8-13(11-4-1-2-5-12(11)16)17(25)10-23-19(26)14-6-3-7-15-18(14)21(28)24-20(15)27/h1-9H,10H2,(H,23,26)(H,24,27,28). The number of halogens is 1. The number of Topliss-reactive ketones (excluding diaryl/α,β-unsaturated/α-hetero) is 1. The van der Waals surface area contributed by atoms with Crippen molar-refractivity contribution in [2.45, 2.75) is 0 Å². The summed E-state index contributed by atoms with van der Waals surface area (Å²) < 4.78 is 13.9. The van der Waals surface area contributed by atoms with Crippen molar-refractivity contribution in [2.75, 3.05) is 6.54 Å². The number of carbonyl (C=O) groups is 4. The van der Waals surface area contributed by atoms with Crippen molar-refractivity contribution in [3.63, 3.8) is 0 Å². The van der Waals surface area contributed by atoms with E-state index in [-0.39, 0.29) is 28.8 Å². The van der Waals surface area contributed by atoms with Gasteiger partial charge in [0.15, 0.2) is 5.78 Å². The van der Waals surface area contributed by atoms with Crippen LogP contribution in [0.5, 0.6) is 0 Å². The van der Waals surface area contributed by atoms with E-state index in [1.807, 2.05) is 0 Å². The molecule has 3 amide bonds. The summed E-state index contributed by atoms with van der Waals surface area (Å²) in [5.74, 6) is -2.71. The summed E-state index contributed by atoms with van der Waals surface area (Å²) in [6.45, 7) is -0.340. The maximum atomic E-state index is 13.9. The van der Waals surface area contributed by atoms with E-state index in [0.29, 0.717) is 10.8 Å². The highest BCUT2D eigenvalue weighted by Gasteiger charge is 2.31. The zero-order valence-corrected chi connectivity index (χ0v) is 14.4. The largest absolute Gasteiger partial charge is 0.345 e. The lowest BCUT2D eigenvalue weighted by molar-refractivity contribution is 0.0870. The summed E-state index contributed by atoms with van der Waals surface area (Å²) in [6.07, 6.45) is 0. The Morgan fingerprint density at radius 1 is 0.857 bits per heavy atom. The molecule has 1 aliphatic rings. The van der Waals surface area contributed by atoms with Crippen LogP contribution in [0.25, 0.3) is 10.8 Å². The molecule has 0 bridgehead atoms. The smallest absolute Gasteiger partial charge is 0.259 e. The molecular formula is C21H13FN2O4. The molecule has 3 aromatic carbocycles. The molecule has 138 valence electrons. The van der Waals surface area contributed by atoms with Crippen molar-refractivity contribution >= 4 is 34.3 Å². The molecule has 1 heterocycles. The fourth-order valence-corrected chi connectivity index (χ4v) is 3.26. The van der Waals surface area contributed by atoms with E-state index in [1.165, 1.54) is 30.3 Å². The molecule has 0 unspecified atom stereocenters. The molecule has 28 heavy (non-hydrogen) atoms. The Morgan fingerprint density at radius 3 is 2.39 bits per heavy atom. The second kappa shape index (κ2) is 6.70. The van der Waals surface area contributed by atoms with Crippen LogP contribution in [0.3, 0.4) is 0 Å². The van der Waals surface area contributed by atoms with E-state index in [4.69, 9.17) is 0 Å². The monoisotopic (exact) mass is 376 g/mol. The number of ketones is 1. The number of fused-ring (bicyclic) bond motifs is 2. The van der Waals surface area contributed by atoms with Crippen molar-refractivity contribution < 1.29 is 23.6 Å². The minimum atomic E-state index is -0.651. The number of imide groups is 1. The predicted octanol–water partition coefficient (Wildman–Crippen LogP) is 2.48. The lowest BCUT2D eigenvalue weighted by atomic mass is 10.00. The second-order valence-electron chi connectivity index (χ2n) is 6.26. The predicted molar refractivity (Wildman–Crippen MR) is 98.8 cm³/mol. The highest BCUT2D eigenvalue weighted by molar-refractivity contribution is 6.25. The number of amides is 3. The average Bonchev–Trinajstić information content (AvgIpc) is 3.00. The van der Waals surface area contributed by atoms with Gasteiger partial charge in [0, 0.05) is 10.9 Å². The molecule has 0 radical (unpaired) electrons. The molecule has 3 aromatic rings. The Labute approximate surface area is 158 Å². The molecule has 7 heteroatoms. The Balaban J connectivity index is 1.58. The van der Waals surface area contributed by atoms with Gasteiger partial charge >= 0.3 is 0 Å². The van der Waals surface area contributed by atoms with E-state index < -0.39 is 29.3 Å². The summed E-state index contributed by atoms with van der Waals surface area (Å²) >= 11 is 0. The maximum absolute atomic E-state index is 13.9. The van der Waals surface area contributed by atoms with Crippen molar-refractivity contribution in [1.29, 1.82) is 0 Å². The van der Waals surface area contributed by atoms with E-state index in [1.54, 1.807) is 24.3 Å². The molecule has 0 atom stereocenters. The number of hydrogen-bond donors (Lipinski definition) is 2. The average molecular weight is 376 g/mol. The van der Waals surface area contributed by atoms with Crippen molar-refractivity contribution in [3.8, 4) is 0 Å². The van der Waals surface area contributed by atoms with Gasteiger partial charge in [-0.1, -0.05) is 30.3 Å². The molecule has 0 aromatic heterocycles. The van der Waals surface area contributed by atoms with E-state index in [2.05, 4.69) is 10.6 Å². The van der Waals surface area contributed by atoms with Crippen LogP contribution in [-0.2, 0) is 0 Å². The lowest BCUT2D eigenvalue weighted by Gasteiger charge is -2.09.